The molecule has 0 aliphatic rings. The van der Waals surface area contributed by atoms with Gasteiger partial charge >= 0.3 is 0 Å². The van der Waals surface area contributed by atoms with Gasteiger partial charge < -0.3 is 15.1 Å². The van der Waals surface area contributed by atoms with Gasteiger partial charge in [-0.1, -0.05) is 13.3 Å². The van der Waals surface area contributed by atoms with Crippen LogP contribution in [0, 0.1) is 0 Å². The summed E-state index contributed by atoms with van der Waals surface area (Å²) in [5.74, 6) is -0.426. The van der Waals surface area contributed by atoms with Gasteiger partial charge in [0.1, 0.15) is 0 Å². The van der Waals surface area contributed by atoms with Crippen LogP contribution in [0.4, 0.5) is 0 Å². The Bertz CT molecular complexity index is 417. The SMILES string of the molecule is CCCC(C)NC(=O)CNC(=O)c1ccc(Br)o1. The Morgan fingerprint density at radius 2 is 2.17 bits per heavy atom. The van der Waals surface area contributed by atoms with E-state index in [-0.39, 0.29) is 24.3 Å². The van der Waals surface area contributed by atoms with Crippen LogP contribution in [0.3, 0.4) is 0 Å². The summed E-state index contributed by atoms with van der Waals surface area (Å²) in [5, 5.41) is 5.29. The molecule has 0 aromatic carbocycles. The normalized spacial score (nSPS) is 11.9. The topological polar surface area (TPSA) is 71.3 Å². The highest BCUT2D eigenvalue weighted by Crippen LogP contribution is 2.13. The smallest absolute Gasteiger partial charge is 0.287 e. The summed E-state index contributed by atoms with van der Waals surface area (Å²) in [6, 6.07) is 3.28. The molecule has 1 rings (SSSR count). The van der Waals surface area contributed by atoms with Crippen molar-refractivity contribution in [2.45, 2.75) is 32.7 Å². The van der Waals surface area contributed by atoms with Crippen LogP contribution in [-0.2, 0) is 4.79 Å². The van der Waals surface area contributed by atoms with E-state index < -0.39 is 5.91 Å². The molecule has 1 atom stereocenters. The molecule has 1 heterocycles. The molecule has 2 amide bonds. The molecule has 0 spiro atoms. The van der Waals surface area contributed by atoms with E-state index in [9.17, 15) is 9.59 Å². The lowest BCUT2D eigenvalue weighted by atomic mass is 10.2. The molecule has 0 saturated heterocycles. The minimum atomic E-state index is -0.404. The number of halogens is 1. The predicted octanol–water partition coefficient (Wildman–Crippen LogP) is 2.08. The van der Waals surface area contributed by atoms with Gasteiger partial charge in [0, 0.05) is 6.04 Å². The van der Waals surface area contributed by atoms with Crippen LogP contribution < -0.4 is 10.6 Å². The monoisotopic (exact) mass is 316 g/mol. The van der Waals surface area contributed by atoms with Crippen LogP contribution in [0.5, 0.6) is 0 Å². The molecule has 0 radical (unpaired) electrons. The molecule has 0 aliphatic heterocycles. The first kappa shape index (κ1) is 14.8. The third kappa shape index (κ3) is 4.91. The summed E-state index contributed by atoms with van der Waals surface area (Å²) in [6.07, 6.45) is 1.93. The largest absolute Gasteiger partial charge is 0.444 e. The summed E-state index contributed by atoms with van der Waals surface area (Å²) in [4.78, 5) is 23.1. The Morgan fingerprint density at radius 3 is 2.72 bits per heavy atom. The van der Waals surface area contributed by atoms with Gasteiger partial charge in [-0.25, -0.2) is 0 Å². The van der Waals surface area contributed by atoms with Crippen LogP contribution in [0.15, 0.2) is 21.2 Å². The van der Waals surface area contributed by atoms with E-state index in [0.717, 1.165) is 12.8 Å². The molecule has 2 N–H and O–H groups in total. The molecule has 0 fully saturated rings. The highest BCUT2D eigenvalue weighted by Gasteiger charge is 2.12. The number of nitrogens with one attached hydrogen (secondary N) is 2. The van der Waals surface area contributed by atoms with Crippen molar-refractivity contribution in [3.05, 3.63) is 22.6 Å². The van der Waals surface area contributed by atoms with Gasteiger partial charge in [0.2, 0.25) is 5.91 Å². The molecule has 18 heavy (non-hydrogen) atoms. The first-order valence-corrected chi connectivity index (χ1v) is 6.65. The Hall–Kier alpha value is -1.30. The maximum atomic E-state index is 11.6. The number of carbonyl (C=O) groups excluding carboxylic acids is 2. The molecule has 0 aliphatic carbocycles. The van der Waals surface area contributed by atoms with Crippen molar-refractivity contribution in [2.24, 2.45) is 0 Å². The van der Waals surface area contributed by atoms with E-state index in [1.807, 2.05) is 6.92 Å². The second-order valence-electron chi connectivity index (χ2n) is 4.04. The van der Waals surface area contributed by atoms with E-state index in [1.54, 1.807) is 6.07 Å². The summed E-state index contributed by atoms with van der Waals surface area (Å²) < 4.78 is 5.55. The Labute approximate surface area is 114 Å². The maximum absolute atomic E-state index is 11.6. The Balaban J connectivity index is 2.32. The lowest BCUT2D eigenvalue weighted by molar-refractivity contribution is -0.120. The van der Waals surface area contributed by atoms with Crippen molar-refractivity contribution in [1.82, 2.24) is 10.6 Å². The van der Waals surface area contributed by atoms with Crippen LogP contribution in [-0.4, -0.2) is 24.4 Å². The minimum Gasteiger partial charge on any atom is -0.444 e. The quantitative estimate of drug-likeness (QED) is 0.844. The van der Waals surface area contributed by atoms with E-state index in [2.05, 4.69) is 33.5 Å². The number of amides is 2. The molecular formula is C12H17BrN2O3. The van der Waals surface area contributed by atoms with Crippen molar-refractivity contribution in [1.29, 1.82) is 0 Å². The standard InChI is InChI=1S/C12H17BrN2O3/c1-3-4-8(2)15-11(16)7-14-12(17)9-5-6-10(13)18-9/h5-6,8H,3-4,7H2,1-2H3,(H,14,17)(H,15,16). The molecule has 6 heteroatoms. The van der Waals surface area contributed by atoms with Crippen LogP contribution in [0.25, 0.3) is 0 Å². The molecular weight excluding hydrogens is 300 g/mol. The molecule has 0 bridgehead atoms. The number of furan rings is 1. The molecule has 1 unspecified atom stereocenters. The molecule has 0 saturated carbocycles. The fourth-order valence-electron chi connectivity index (χ4n) is 1.52. The van der Waals surface area contributed by atoms with Crippen molar-refractivity contribution < 1.29 is 14.0 Å². The first-order valence-electron chi connectivity index (χ1n) is 5.85. The summed E-state index contributed by atoms with van der Waals surface area (Å²) >= 11 is 3.10. The summed E-state index contributed by atoms with van der Waals surface area (Å²) in [7, 11) is 0. The number of carbonyl (C=O) groups is 2. The fraction of sp³-hybridized carbons (Fsp3) is 0.500. The van der Waals surface area contributed by atoms with Crippen molar-refractivity contribution >= 4 is 27.7 Å². The van der Waals surface area contributed by atoms with Gasteiger partial charge in [0.05, 0.1) is 6.54 Å². The minimum absolute atomic E-state index is 0.0504. The summed E-state index contributed by atoms with van der Waals surface area (Å²) in [6.45, 7) is 3.94. The Kier molecular flexibility index (Phi) is 5.91. The van der Waals surface area contributed by atoms with Crippen molar-refractivity contribution in [3.8, 4) is 0 Å². The zero-order valence-corrected chi connectivity index (χ0v) is 12.0. The average molecular weight is 317 g/mol. The predicted molar refractivity (Wildman–Crippen MR) is 71.3 cm³/mol. The van der Waals surface area contributed by atoms with E-state index in [4.69, 9.17) is 4.42 Å². The van der Waals surface area contributed by atoms with Crippen LogP contribution >= 0.6 is 15.9 Å². The third-order valence-corrected chi connectivity index (χ3v) is 2.76. The average Bonchev–Trinajstić information content (AvgIpc) is 2.73. The molecule has 1 aromatic heterocycles. The van der Waals surface area contributed by atoms with E-state index in [1.165, 1.54) is 6.07 Å². The van der Waals surface area contributed by atoms with Gasteiger partial charge in [-0.15, -0.1) is 0 Å². The van der Waals surface area contributed by atoms with Gasteiger partial charge in [-0.2, -0.15) is 0 Å². The Morgan fingerprint density at radius 1 is 1.44 bits per heavy atom. The second-order valence-corrected chi connectivity index (χ2v) is 4.83. The van der Waals surface area contributed by atoms with Gasteiger partial charge in [-0.05, 0) is 41.4 Å². The lowest BCUT2D eigenvalue weighted by Gasteiger charge is -2.12. The number of rotatable bonds is 6. The van der Waals surface area contributed by atoms with Gasteiger partial charge in [0.15, 0.2) is 10.4 Å². The number of hydrogen-bond donors (Lipinski definition) is 2. The van der Waals surface area contributed by atoms with Crippen LogP contribution in [0.2, 0.25) is 0 Å². The third-order valence-electron chi connectivity index (χ3n) is 2.34. The van der Waals surface area contributed by atoms with E-state index >= 15 is 0 Å². The zero-order valence-electron chi connectivity index (χ0n) is 10.5. The molecule has 1 aromatic rings. The van der Waals surface area contributed by atoms with Gasteiger partial charge in [-0.3, -0.25) is 9.59 Å². The first-order chi connectivity index (χ1) is 8.52. The molecule has 100 valence electrons. The summed E-state index contributed by atoms with van der Waals surface area (Å²) in [5.41, 5.74) is 0. The fourth-order valence-corrected chi connectivity index (χ4v) is 1.82. The second kappa shape index (κ2) is 7.20. The van der Waals surface area contributed by atoms with Crippen molar-refractivity contribution in [3.63, 3.8) is 0 Å². The van der Waals surface area contributed by atoms with Crippen LogP contribution in [0.1, 0.15) is 37.2 Å². The maximum Gasteiger partial charge on any atom is 0.287 e. The van der Waals surface area contributed by atoms with Gasteiger partial charge in [0.25, 0.3) is 5.91 Å². The van der Waals surface area contributed by atoms with Crippen molar-refractivity contribution in [2.75, 3.05) is 6.54 Å². The highest BCUT2D eigenvalue weighted by molar-refractivity contribution is 9.10. The van der Waals surface area contributed by atoms with E-state index in [0.29, 0.717) is 4.67 Å². The zero-order chi connectivity index (χ0) is 13.5. The highest BCUT2D eigenvalue weighted by atomic mass is 79.9. The molecule has 5 nitrogen and oxygen atoms in total. The number of hydrogen-bond acceptors (Lipinski definition) is 3. The lowest BCUT2D eigenvalue weighted by Crippen LogP contribution is -2.40.